The van der Waals surface area contributed by atoms with Gasteiger partial charge in [-0.15, -0.1) is 0 Å². The van der Waals surface area contributed by atoms with Crippen LogP contribution in [0.1, 0.15) is 36.5 Å². The Morgan fingerprint density at radius 1 is 1.41 bits per heavy atom. The molecule has 0 bridgehead atoms. The van der Waals surface area contributed by atoms with Gasteiger partial charge in [0.15, 0.2) is 0 Å². The highest BCUT2D eigenvalue weighted by Crippen LogP contribution is 2.19. The first-order valence-corrected chi connectivity index (χ1v) is 6.70. The maximum absolute atomic E-state index is 5.66. The molecule has 2 nitrogen and oxygen atoms in total. The number of hydrogen-bond acceptors (Lipinski definition) is 2. The molecule has 0 aliphatic carbocycles. The number of rotatable bonds is 3. The second kappa shape index (κ2) is 5.65. The SMILES string of the molecule is Cc1cc(CN)ccc1CN1CCCC(C)C1. The molecule has 0 aromatic heterocycles. The van der Waals surface area contributed by atoms with Crippen molar-refractivity contribution in [2.24, 2.45) is 11.7 Å². The van der Waals surface area contributed by atoms with Crippen molar-refractivity contribution in [3.63, 3.8) is 0 Å². The van der Waals surface area contributed by atoms with Gasteiger partial charge in [0.05, 0.1) is 0 Å². The molecule has 17 heavy (non-hydrogen) atoms. The average Bonchev–Trinajstić information content (AvgIpc) is 2.32. The van der Waals surface area contributed by atoms with Crippen molar-refractivity contribution < 1.29 is 0 Å². The van der Waals surface area contributed by atoms with Crippen LogP contribution in [0.5, 0.6) is 0 Å². The summed E-state index contributed by atoms with van der Waals surface area (Å²) in [6.45, 7) is 8.79. The smallest absolute Gasteiger partial charge is 0.0236 e. The quantitative estimate of drug-likeness (QED) is 0.868. The van der Waals surface area contributed by atoms with E-state index in [1.807, 2.05) is 0 Å². The Bertz CT molecular complexity index is 373. The van der Waals surface area contributed by atoms with E-state index < -0.39 is 0 Å². The molecule has 1 saturated heterocycles. The minimum absolute atomic E-state index is 0.641. The van der Waals surface area contributed by atoms with Gasteiger partial charge in [-0.25, -0.2) is 0 Å². The second-order valence-electron chi connectivity index (χ2n) is 5.45. The molecule has 1 aromatic carbocycles. The van der Waals surface area contributed by atoms with Crippen LogP contribution in [0.4, 0.5) is 0 Å². The molecule has 1 atom stereocenters. The molecular weight excluding hydrogens is 208 g/mol. The van der Waals surface area contributed by atoms with E-state index in [1.54, 1.807) is 0 Å². The summed E-state index contributed by atoms with van der Waals surface area (Å²) in [7, 11) is 0. The van der Waals surface area contributed by atoms with Crippen molar-refractivity contribution >= 4 is 0 Å². The molecular formula is C15H24N2. The fraction of sp³-hybridized carbons (Fsp3) is 0.600. The second-order valence-corrected chi connectivity index (χ2v) is 5.45. The Hall–Kier alpha value is -0.860. The van der Waals surface area contributed by atoms with E-state index in [-0.39, 0.29) is 0 Å². The van der Waals surface area contributed by atoms with Crippen LogP contribution in [-0.2, 0) is 13.1 Å². The first kappa shape index (κ1) is 12.6. The van der Waals surface area contributed by atoms with Crippen molar-refractivity contribution in [2.75, 3.05) is 13.1 Å². The zero-order valence-electron chi connectivity index (χ0n) is 11.1. The number of aryl methyl sites for hydroxylation is 1. The van der Waals surface area contributed by atoms with Crippen LogP contribution in [0.25, 0.3) is 0 Å². The van der Waals surface area contributed by atoms with Gasteiger partial charge in [0.25, 0.3) is 0 Å². The fourth-order valence-corrected chi connectivity index (χ4v) is 2.73. The fourth-order valence-electron chi connectivity index (χ4n) is 2.73. The standard InChI is InChI=1S/C15H24N2/c1-12-4-3-7-17(10-12)11-15-6-5-14(9-16)8-13(15)2/h5-6,8,12H,3-4,7,9-11,16H2,1-2H3. The first-order chi connectivity index (χ1) is 8.19. The first-order valence-electron chi connectivity index (χ1n) is 6.70. The van der Waals surface area contributed by atoms with Gasteiger partial charge in [-0.3, -0.25) is 4.90 Å². The maximum atomic E-state index is 5.66. The summed E-state index contributed by atoms with van der Waals surface area (Å²) < 4.78 is 0. The molecule has 0 amide bonds. The summed E-state index contributed by atoms with van der Waals surface area (Å²) >= 11 is 0. The molecule has 2 N–H and O–H groups in total. The van der Waals surface area contributed by atoms with Gasteiger partial charge in [0.2, 0.25) is 0 Å². The van der Waals surface area contributed by atoms with Crippen LogP contribution in [0.2, 0.25) is 0 Å². The average molecular weight is 232 g/mol. The monoisotopic (exact) mass is 232 g/mol. The Kier molecular flexibility index (Phi) is 4.19. The summed E-state index contributed by atoms with van der Waals surface area (Å²) in [6.07, 6.45) is 2.74. The van der Waals surface area contributed by atoms with Crippen LogP contribution in [0.3, 0.4) is 0 Å². The lowest BCUT2D eigenvalue weighted by molar-refractivity contribution is 0.176. The van der Waals surface area contributed by atoms with E-state index in [4.69, 9.17) is 5.73 Å². The third-order valence-corrected chi connectivity index (χ3v) is 3.78. The van der Waals surface area contributed by atoms with Crippen LogP contribution >= 0.6 is 0 Å². The third kappa shape index (κ3) is 3.30. The highest BCUT2D eigenvalue weighted by molar-refractivity contribution is 5.31. The van der Waals surface area contributed by atoms with Crippen LogP contribution in [-0.4, -0.2) is 18.0 Å². The van der Waals surface area contributed by atoms with Crippen molar-refractivity contribution in [1.29, 1.82) is 0 Å². The van der Waals surface area contributed by atoms with E-state index >= 15 is 0 Å². The maximum Gasteiger partial charge on any atom is 0.0236 e. The molecule has 1 fully saturated rings. The topological polar surface area (TPSA) is 29.3 Å². The summed E-state index contributed by atoms with van der Waals surface area (Å²) in [4.78, 5) is 2.58. The van der Waals surface area contributed by atoms with E-state index in [0.717, 1.165) is 12.5 Å². The number of likely N-dealkylation sites (tertiary alicyclic amines) is 1. The van der Waals surface area contributed by atoms with Gasteiger partial charge in [-0.1, -0.05) is 25.1 Å². The lowest BCUT2D eigenvalue weighted by Crippen LogP contribution is -2.33. The number of benzene rings is 1. The van der Waals surface area contributed by atoms with Crippen molar-refractivity contribution in [3.8, 4) is 0 Å². The lowest BCUT2D eigenvalue weighted by atomic mass is 9.98. The van der Waals surface area contributed by atoms with E-state index in [0.29, 0.717) is 6.54 Å². The number of nitrogens with two attached hydrogens (primary N) is 1. The predicted octanol–water partition coefficient (Wildman–Crippen LogP) is 2.69. The van der Waals surface area contributed by atoms with E-state index in [9.17, 15) is 0 Å². The van der Waals surface area contributed by atoms with Crippen molar-refractivity contribution in [3.05, 3.63) is 34.9 Å². The summed E-state index contributed by atoms with van der Waals surface area (Å²) in [5.41, 5.74) is 9.73. The van der Waals surface area contributed by atoms with E-state index in [1.165, 1.54) is 42.6 Å². The molecule has 2 rings (SSSR count). The molecule has 1 heterocycles. The largest absolute Gasteiger partial charge is 0.326 e. The molecule has 1 aliphatic rings. The van der Waals surface area contributed by atoms with Gasteiger partial charge < -0.3 is 5.73 Å². The molecule has 0 radical (unpaired) electrons. The van der Waals surface area contributed by atoms with Crippen LogP contribution in [0.15, 0.2) is 18.2 Å². The predicted molar refractivity (Wildman–Crippen MR) is 72.7 cm³/mol. The molecule has 2 heteroatoms. The van der Waals surface area contributed by atoms with Crippen molar-refractivity contribution in [2.45, 2.75) is 39.8 Å². The minimum Gasteiger partial charge on any atom is -0.326 e. The van der Waals surface area contributed by atoms with Gasteiger partial charge in [-0.2, -0.15) is 0 Å². The molecule has 1 unspecified atom stereocenters. The zero-order valence-corrected chi connectivity index (χ0v) is 11.1. The van der Waals surface area contributed by atoms with Crippen LogP contribution in [0, 0.1) is 12.8 Å². The highest BCUT2D eigenvalue weighted by Gasteiger charge is 2.16. The molecule has 1 aromatic rings. The molecule has 1 aliphatic heterocycles. The molecule has 94 valence electrons. The number of nitrogens with zero attached hydrogens (tertiary/aromatic N) is 1. The van der Waals surface area contributed by atoms with Gasteiger partial charge >= 0.3 is 0 Å². The van der Waals surface area contributed by atoms with Crippen molar-refractivity contribution in [1.82, 2.24) is 4.90 Å². The molecule has 0 spiro atoms. The van der Waals surface area contributed by atoms with Gasteiger partial charge in [-0.05, 0) is 48.9 Å². The highest BCUT2D eigenvalue weighted by atomic mass is 15.1. The van der Waals surface area contributed by atoms with Crippen LogP contribution < -0.4 is 5.73 Å². The Balaban J connectivity index is 2.02. The summed E-state index contributed by atoms with van der Waals surface area (Å²) in [5.74, 6) is 0.854. The Morgan fingerprint density at radius 2 is 2.24 bits per heavy atom. The lowest BCUT2D eigenvalue weighted by Gasteiger charge is -2.31. The Morgan fingerprint density at radius 3 is 2.88 bits per heavy atom. The third-order valence-electron chi connectivity index (χ3n) is 3.78. The normalized spacial score (nSPS) is 21.7. The minimum atomic E-state index is 0.641. The van der Waals surface area contributed by atoms with Gasteiger partial charge in [0.1, 0.15) is 0 Å². The number of piperidine rings is 1. The van der Waals surface area contributed by atoms with Gasteiger partial charge in [0, 0.05) is 19.6 Å². The summed E-state index contributed by atoms with van der Waals surface area (Å²) in [6, 6.07) is 6.63. The zero-order chi connectivity index (χ0) is 12.3. The number of hydrogen-bond donors (Lipinski definition) is 1. The van der Waals surface area contributed by atoms with E-state index in [2.05, 4.69) is 36.9 Å². The summed E-state index contributed by atoms with van der Waals surface area (Å²) in [5, 5.41) is 0. The Labute approximate surface area is 105 Å². The molecule has 0 saturated carbocycles.